The van der Waals surface area contributed by atoms with E-state index in [-0.39, 0.29) is 57.0 Å². The number of aromatic nitrogens is 2. The largest absolute Gasteiger partial charge is 0.358 e. The Bertz CT molecular complexity index is 2300. The quantitative estimate of drug-likeness (QED) is 0.102. The van der Waals surface area contributed by atoms with Gasteiger partial charge in [0.15, 0.2) is 0 Å². The molecule has 0 atom stereocenters. The summed E-state index contributed by atoms with van der Waals surface area (Å²) in [6.07, 6.45) is 7.32. The van der Waals surface area contributed by atoms with Gasteiger partial charge in [0.05, 0.1) is 17.2 Å². The summed E-state index contributed by atoms with van der Waals surface area (Å²) >= 11 is 0. The number of rotatable bonds is 18. The highest BCUT2D eigenvalue weighted by Gasteiger charge is 2.26. The van der Waals surface area contributed by atoms with Gasteiger partial charge in [-0.2, -0.15) is 16.8 Å². The maximum atomic E-state index is 12.8. The minimum Gasteiger partial charge on any atom is -0.358 e. The van der Waals surface area contributed by atoms with Gasteiger partial charge in [0.1, 0.15) is 0 Å². The Morgan fingerprint density at radius 2 is 1.11 bits per heavy atom. The Hall–Kier alpha value is -5.30. The molecule has 55 heavy (non-hydrogen) atoms. The van der Waals surface area contributed by atoms with Crippen molar-refractivity contribution in [1.29, 1.82) is 0 Å². The summed E-state index contributed by atoms with van der Waals surface area (Å²) in [5.74, 6) is -2.67. The van der Waals surface area contributed by atoms with Gasteiger partial charge in [0.25, 0.3) is 32.1 Å². The number of nitrogens with one attached hydrogen (secondary N) is 6. The van der Waals surface area contributed by atoms with E-state index in [1.54, 1.807) is 32.1 Å². The van der Waals surface area contributed by atoms with Gasteiger partial charge in [-0.1, -0.05) is 25.3 Å². The minimum atomic E-state index is -4.26. The van der Waals surface area contributed by atoms with E-state index in [1.165, 1.54) is 6.08 Å². The van der Waals surface area contributed by atoms with Crippen molar-refractivity contribution in [3.05, 3.63) is 104 Å². The van der Waals surface area contributed by atoms with Crippen molar-refractivity contribution in [2.45, 2.75) is 59.8 Å². The average molecular weight is 799 g/mol. The molecule has 0 aliphatic carbocycles. The van der Waals surface area contributed by atoms with E-state index in [0.29, 0.717) is 56.5 Å². The highest BCUT2D eigenvalue weighted by molar-refractivity contribution is 7.86. The van der Waals surface area contributed by atoms with Crippen LogP contribution in [0.15, 0.2) is 59.0 Å². The SMILES string of the molecule is C=CC1=C(C)/C(=C\c2[nH]c(Cc3[nH]c(/C=C4/NC(=O)C(C)=C4C=C)c(C)c3CCC(=O)NCCS(=O)(=O)O)c(CCC(=O)NCCS(=O)(=O)O)c2C)NC1=O. The molecule has 2 aromatic heterocycles. The van der Waals surface area contributed by atoms with Crippen LogP contribution >= 0.6 is 0 Å². The van der Waals surface area contributed by atoms with Gasteiger partial charge in [0.2, 0.25) is 11.8 Å². The van der Waals surface area contributed by atoms with Crippen LogP contribution in [0.1, 0.15) is 71.7 Å². The fourth-order valence-corrected chi connectivity index (χ4v) is 7.16. The molecule has 16 nitrogen and oxygen atoms in total. The van der Waals surface area contributed by atoms with Gasteiger partial charge in [0, 0.05) is 77.5 Å². The molecular weight excluding hydrogens is 753 g/mol. The number of H-pyrrole nitrogens is 2. The zero-order valence-corrected chi connectivity index (χ0v) is 32.7. The van der Waals surface area contributed by atoms with Crippen molar-refractivity contribution in [2.24, 2.45) is 0 Å². The van der Waals surface area contributed by atoms with E-state index in [0.717, 1.165) is 22.3 Å². The van der Waals surface area contributed by atoms with Crippen LogP contribution in [0, 0.1) is 13.8 Å². The number of aromatic amines is 2. The molecule has 0 fully saturated rings. The summed E-state index contributed by atoms with van der Waals surface area (Å²) in [5, 5.41) is 10.7. The molecule has 0 saturated carbocycles. The van der Waals surface area contributed by atoms with Crippen LogP contribution in [0.4, 0.5) is 0 Å². The Balaban J connectivity index is 1.75. The van der Waals surface area contributed by atoms with Crippen molar-refractivity contribution < 1.29 is 45.1 Å². The van der Waals surface area contributed by atoms with Gasteiger partial charge in [-0.15, -0.1) is 0 Å². The highest BCUT2D eigenvalue weighted by Crippen LogP contribution is 2.31. The van der Waals surface area contributed by atoms with E-state index in [2.05, 4.69) is 44.4 Å². The van der Waals surface area contributed by atoms with Gasteiger partial charge < -0.3 is 31.2 Å². The summed E-state index contributed by atoms with van der Waals surface area (Å²) in [7, 11) is -8.53. The van der Waals surface area contributed by atoms with Crippen molar-refractivity contribution in [3.8, 4) is 0 Å². The highest BCUT2D eigenvalue weighted by atomic mass is 32.2. The normalized spacial score (nSPS) is 16.3. The van der Waals surface area contributed by atoms with Crippen LogP contribution < -0.4 is 21.3 Å². The third-order valence-electron chi connectivity index (χ3n) is 9.50. The number of carbonyl (C=O) groups is 4. The molecule has 0 aromatic carbocycles. The van der Waals surface area contributed by atoms with Crippen molar-refractivity contribution in [1.82, 2.24) is 31.2 Å². The van der Waals surface area contributed by atoms with Crippen LogP contribution in [0.2, 0.25) is 0 Å². The summed E-state index contributed by atoms with van der Waals surface area (Å²) in [4.78, 5) is 57.4. The first-order chi connectivity index (χ1) is 25.7. The Labute approximate surface area is 319 Å². The second-order valence-corrected chi connectivity index (χ2v) is 16.3. The number of amides is 4. The molecule has 2 aliphatic rings. The smallest absolute Gasteiger partial charge is 0.266 e. The fraction of sp³-hybridized carbons (Fsp3) is 0.351. The lowest BCUT2D eigenvalue weighted by Gasteiger charge is -2.09. The summed E-state index contributed by atoms with van der Waals surface area (Å²) < 4.78 is 62.6. The second-order valence-electron chi connectivity index (χ2n) is 13.2. The number of allylic oxidation sites excluding steroid dienone is 2. The number of hydrogen-bond donors (Lipinski definition) is 8. The summed E-state index contributed by atoms with van der Waals surface area (Å²) in [6.45, 7) is 14.2. The average Bonchev–Trinajstić information content (AvgIpc) is 3.73. The molecule has 8 N–H and O–H groups in total. The minimum absolute atomic E-state index is 0.0170. The van der Waals surface area contributed by atoms with Crippen LogP contribution in [0.25, 0.3) is 12.2 Å². The zero-order chi connectivity index (χ0) is 40.8. The summed E-state index contributed by atoms with van der Waals surface area (Å²) in [6, 6.07) is 0. The molecular formula is C37H46N6O10S2. The van der Waals surface area contributed by atoms with Gasteiger partial charge >= 0.3 is 0 Å². The topological polar surface area (TPSA) is 257 Å². The molecule has 0 saturated heterocycles. The van der Waals surface area contributed by atoms with Crippen molar-refractivity contribution >= 4 is 56.0 Å². The zero-order valence-electron chi connectivity index (χ0n) is 31.1. The Morgan fingerprint density at radius 3 is 1.53 bits per heavy atom. The van der Waals surface area contributed by atoms with Gasteiger partial charge in [-0.05, 0) is 80.5 Å². The van der Waals surface area contributed by atoms with Crippen LogP contribution in [0.5, 0.6) is 0 Å². The summed E-state index contributed by atoms with van der Waals surface area (Å²) in [5.41, 5.74) is 9.25. The van der Waals surface area contributed by atoms with E-state index in [1.807, 2.05) is 13.8 Å². The lowest BCUT2D eigenvalue weighted by Crippen LogP contribution is -2.29. The molecule has 4 amide bonds. The molecule has 4 rings (SSSR count). The molecule has 0 spiro atoms. The van der Waals surface area contributed by atoms with Gasteiger partial charge in [-0.25, -0.2) is 0 Å². The number of carbonyl (C=O) groups excluding carboxylic acids is 4. The van der Waals surface area contributed by atoms with E-state index in [4.69, 9.17) is 9.11 Å². The third kappa shape index (κ3) is 10.9. The van der Waals surface area contributed by atoms with E-state index < -0.39 is 43.6 Å². The lowest BCUT2D eigenvalue weighted by molar-refractivity contribution is -0.121. The lowest BCUT2D eigenvalue weighted by atomic mass is 9.98. The first kappa shape index (κ1) is 42.4. The van der Waals surface area contributed by atoms with Crippen molar-refractivity contribution in [3.63, 3.8) is 0 Å². The maximum absolute atomic E-state index is 12.8. The van der Waals surface area contributed by atoms with Crippen molar-refractivity contribution in [2.75, 3.05) is 24.6 Å². The maximum Gasteiger partial charge on any atom is 0.266 e. The molecule has 0 radical (unpaired) electrons. The number of hydrogen-bond acceptors (Lipinski definition) is 8. The molecule has 0 unspecified atom stereocenters. The standard InChI is InChI=1S/C37H46N6O10S2/c1-7-24-23(6)36(46)43-31(24)18-29-22(5)27(10-12-35(45)39-14-16-55(51,52)53)33(41-29)19-32-26(9-11-34(44)38-13-15-54(48,49)50)21(4)28(40-32)17-30-20(3)25(8-2)37(47)42-30/h7-8,17-18,40-41H,1-2,9-16,19H2,3-6H3,(H,38,44)(H,39,45)(H,42,47)(H,43,46)(H,48,49,50)(H,51,52,53)/b30-17+,31-18+. The van der Waals surface area contributed by atoms with Crippen LogP contribution in [0.3, 0.4) is 0 Å². The first-order valence-corrected chi connectivity index (χ1v) is 20.5. The molecule has 2 aromatic rings. The molecule has 18 heteroatoms. The van der Waals surface area contributed by atoms with E-state index >= 15 is 0 Å². The Morgan fingerprint density at radius 1 is 0.673 bits per heavy atom. The fourth-order valence-electron chi connectivity index (χ4n) is 6.44. The second kappa shape index (κ2) is 17.4. The monoisotopic (exact) mass is 798 g/mol. The molecule has 4 heterocycles. The molecule has 296 valence electrons. The predicted octanol–water partition coefficient (Wildman–Crippen LogP) is 2.37. The van der Waals surface area contributed by atoms with Gasteiger partial charge in [-0.3, -0.25) is 28.3 Å². The molecule has 0 bridgehead atoms. The first-order valence-electron chi connectivity index (χ1n) is 17.3. The van der Waals surface area contributed by atoms with E-state index in [9.17, 15) is 36.0 Å². The van der Waals surface area contributed by atoms with Crippen LogP contribution in [-0.4, -0.2) is 84.1 Å². The third-order valence-corrected chi connectivity index (χ3v) is 10.9. The Kier molecular flexibility index (Phi) is 13.5. The predicted molar refractivity (Wildman–Crippen MR) is 207 cm³/mol. The van der Waals surface area contributed by atoms with Crippen LogP contribution in [-0.2, 0) is 58.7 Å². The molecule has 2 aliphatic heterocycles.